The Hall–Kier alpha value is -4.48. The predicted octanol–water partition coefficient (Wildman–Crippen LogP) is 4.19. The van der Waals surface area contributed by atoms with Crippen molar-refractivity contribution in [1.82, 2.24) is 19.9 Å². The van der Waals surface area contributed by atoms with Gasteiger partial charge in [0.25, 0.3) is 5.91 Å². The van der Waals surface area contributed by atoms with Crippen molar-refractivity contribution in [2.75, 3.05) is 59.0 Å². The number of pyridine rings is 3. The van der Waals surface area contributed by atoms with Crippen LogP contribution >= 0.6 is 0 Å². The fraction of sp³-hybridized carbons (Fsp3) is 0.310. The maximum atomic E-state index is 12.5. The zero-order valence-corrected chi connectivity index (χ0v) is 22.5. The molecular weight excluding hydrogens is 514 g/mol. The van der Waals surface area contributed by atoms with Gasteiger partial charge in [0, 0.05) is 49.5 Å². The molecule has 11 heteroatoms. The van der Waals surface area contributed by atoms with Crippen LogP contribution in [0.5, 0.6) is 28.7 Å². The number of aromatic nitrogens is 3. The summed E-state index contributed by atoms with van der Waals surface area (Å²) in [4.78, 5) is 27.8. The quantitative estimate of drug-likeness (QED) is 0.275. The highest BCUT2D eigenvalue weighted by Gasteiger charge is 2.14. The molecule has 1 aliphatic rings. The summed E-state index contributed by atoms with van der Waals surface area (Å²) >= 11 is 0. The van der Waals surface area contributed by atoms with Gasteiger partial charge in [0.15, 0.2) is 11.5 Å². The molecule has 5 rings (SSSR count). The Morgan fingerprint density at radius 3 is 2.55 bits per heavy atom. The second-order valence-electron chi connectivity index (χ2n) is 9.00. The van der Waals surface area contributed by atoms with E-state index in [0.717, 1.165) is 44.7 Å². The fourth-order valence-corrected chi connectivity index (χ4v) is 4.27. The van der Waals surface area contributed by atoms with E-state index < -0.39 is 5.91 Å². The van der Waals surface area contributed by atoms with Gasteiger partial charge in [-0.25, -0.2) is 4.98 Å². The van der Waals surface area contributed by atoms with E-state index in [1.165, 1.54) is 19.5 Å². The molecule has 0 radical (unpaired) electrons. The van der Waals surface area contributed by atoms with Crippen LogP contribution in [-0.4, -0.2) is 79.4 Å². The topological polar surface area (TPSA) is 117 Å². The molecule has 0 bridgehead atoms. The van der Waals surface area contributed by atoms with Gasteiger partial charge in [-0.1, -0.05) is 0 Å². The Kier molecular flexibility index (Phi) is 8.84. The summed E-state index contributed by atoms with van der Waals surface area (Å²) in [6.45, 7) is 5.02. The third-order valence-corrected chi connectivity index (χ3v) is 6.37. The van der Waals surface area contributed by atoms with Crippen molar-refractivity contribution in [3.63, 3.8) is 0 Å². The van der Waals surface area contributed by atoms with Crippen molar-refractivity contribution in [2.24, 2.45) is 0 Å². The van der Waals surface area contributed by atoms with Gasteiger partial charge in [0.1, 0.15) is 28.8 Å². The lowest BCUT2D eigenvalue weighted by Crippen LogP contribution is -2.37. The minimum atomic E-state index is -0.397. The van der Waals surface area contributed by atoms with Crippen molar-refractivity contribution < 1.29 is 28.5 Å². The molecule has 3 aromatic heterocycles. The Morgan fingerprint density at radius 2 is 1.77 bits per heavy atom. The largest absolute Gasteiger partial charge is 0.497 e. The molecule has 0 unspecified atom stereocenters. The van der Waals surface area contributed by atoms with Gasteiger partial charge in [-0.2, -0.15) is 0 Å². The Morgan fingerprint density at radius 1 is 0.925 bits per heavy atom. The Labute approximate surface area is 232 Å². The molecule has 0 saturated carbocycles. The second kappa shape index (κ2) is 13.0. The number of methoxy groups -OCH3 is 2. The van der Waals surface area contributed by atoms with Crippen molar-refractivity contribution >= 4 is 22.6 Å². The van der Waals surface area contributed by atoms with Gasteiger partial charge in [-0.3, -0.25) is 19.7 Å². The first kappa shape index (κ1) is 27.1. The lowest BCUT2D eigenvalue weighted by molar-refractivity contribution is 0.0357. The monoisotopic (exact) mass is 545 g/mol. The minimum absolute atomic E-state index is 0.221. The number of benzene rings is 1. The highest BCUT2D eigenvalue weighted by Crippen LogP contribution is 2.37. The van der Waals surface area contributed by atoms with E-state index in [1.54, 1.807) is 43.6 Å². The zero-order chi connectivity index (χ0) is 27.7. The molecular formula is C29H31N5O6. The van der Waals surface area contributed by atoms with Crippen LogP contribution in [0.25, 0.3) is 10.9 Å². The number of amides is 1. The van der Waals surface area contributed by atoms with Gasteiger partial charge in [-0.15, -0.1) is 0 Å². The number of nitrogens with one attached hydrogen (secondary N) is 1. The molecule has 1 N–H and O–H groups in total. The molecule has 0 aliphatic carbocycles. The third-order valence-electron chi connectivity index (χ3n) is 6.37. The average molecular weight is 546 g/mol. The first-order valence-corrected chi connectivity index (χ1v) is 13.0. The molecule has 1 saturated heterocycles. The number of hydrogen-bond donors (Lipinski definition) is 1. The molecule has 1 fully saturated rings. The number of ether oxygens (including phenoxy) is 5. The first-order valence-electron chi connectivity index (χ1n) is 13.0. The van der Waals surface area contributed by atoms with Crippen LogP contribution in [0.15, 0.2) is 61.1 Å². The normalized spacial score (nSPS) is 13.6. The van der Waals surface area contributed by atoms with E-state index >= 15 is 0 Å². The van der Waals surface area contributed by atoms with E-state index in [0.29, 0.717) is 46.7 Å². The average Bonchev–Trinajstić information content (AvgIpc) is 3.00. The van der Waals surface area contributed by atoms with Crippen molar-refractivity contribution in [1.29, 1.82) is 0 Å². The van der Waals surface area contributed by atoms with E-state index in [4.69, 9.17) is 23.7 Å². The molecule has 1 aromatic carbocycles. The molecule has 0 atom stereocenters. The summed E-state index contributed by atoms with van der Waals surface area (Å²) in [5.41, 5.74) is 0.934. The molecule has 4 heterocycles. The number of hydrogen-bond acceptors (Lipinski definition) is 10. The van der Waals surface area contributed by atoms with E-state index in [9.17, 15) is 4.79 Å². The van der Waals surface area contributed by atoms with Crippen LogP contribution in [0, 0.1) is 0 Å². The number of anilines is 1. The van der Waals surface area contributed by atoms with Crippen LogP contribution in [0.3, 0.4) is 0 Å². The molecule has 208 valence electrons. The van der Waals surface area contributed by atoms with Crippen LogP contribution in [0.4, 0.5) is 5.82 Å². The molecule has 0 spiro atoms. The van der Waals surface area contributed by atoms with Gasteiger partial charge in [-0.05, 0) is 36.8 Å². The molecule has 4 aromatic rings. The van der Waals surface area contributed by atoms with E-state index in [2.05, 4.69) is 25.2 Å². The molecule has 1 aliphatic heterocycles. The highest BCUT2D eigenvalue weighted by atomic mass is 16.5. The number of nitrogens with zero attached hydrogens (tertiary/aromatic N) is 4. The summed E-state index contributed by atoms with van der Waals surface area (Å²) in [5.74, 6) is 2.81. The molecule has 40 heavy (non-hydrogen) atoms. The summed E-state index contributed by atoms with van der Waals surface area (Å²) < 4.78 is 28.3. The third kappa shape index (κ3) is 6.74. The Balaban J connectivity index is 1.23. The Bertz CT molecular complexity index is 1440. The maximum Gasteiger partial charge on any atom is 0.275 e. The number of morpholine rings is 1. The van der Waals surface area contributed by atoms with Crippen LogP contribution in [0.2, 0.25) is 0 Å². The minimum Gasteiger partial charge on any atom is -0.497 e. The van der Waals surface area contributed by atoms with Gasteiger partial charge in [0.2, 0.25) is 0 Å². The number of carbonyl (C=O) groups is 1. The van der Waals surface area contributed by atoms with Crippen molar-refractivity contribution in [3.8, 4) is 28.7 Å². The summed E-state index contributed by atoms with van der Waals surface area (Å²) in [5, 5.41) is 3.48. The summed E-state index contributed by atoms with van der Waals surface area (Å²) in [6.07, 6.45) is 5.62. The molecule has 11 nitrogen and oxygen atoms in total. The van der Waals surface area contributed by atoms with Gasteiger partial charge < -0.3 is 29.0 Å². The number of carbonyl (C=O) groups excluding carboxylic acids is 1. The lowest BCUT2D eigenvalue weighted by Gasteiger charge is -2.26. The number of fused-ring (bicyclic) bond motifs is 1. The van der Waals surface area contributed by atoms with Crippen molar-refractivity contribution in [3.05, 3.63) is 66.7 Å². The fourth-order valence-electron chi connectivity index (χ4n) is 4.27. The van der Waals surface area contributed by atoms with E-state index in [-0.39, 0.29) is 5.69 Å². The van der Waals surface area contributed by atoms with Crippen LogP contribution < -0.4 is 24.3 Å². The predicted molar refractivity (Wildman–Crippen MR) is 149 cm³/mol. The number of rotatable bonds is 11. The SMILES string of the molecule is COc1ccnc(C(=O)Nc2ccc(Oc3ccnc4cc(OCCCN5CCOCC5)c(OC)cc34)cn2)c1. The maximum absolute atomic E-state index is 12.5. The molecule has 1 amide bonds. The standard InChI is InChI=1S/C29H31N5O6/c1-36-20-6-8-31-24(16-20)29(35)33-28-5-4-21(19-32-28)40-25-7-9-30-23-18-27(26(37-2)17-22(23)25)39-13-3-10-34-11-14-38-15-12-34/h4-9,16-19H,3,10-15H2,1-2H3,(H,32,33,35). The lowest BCUT2D eigenvalue weighted by atomic mass is 10.2. The van der Waals surface area contributed by atoms with E-state index in [1.807, 2.05) is 12.1 Å². The van der Waals surface area contributed by atoms with Gasteiger partial charge >= 0.3 is 0 Å². The summed E-state index contributed by atoms with van der Waals surface area (Å²) in [6, 6.07) is 12.1. The van der Waals surface area contributed by atoms with Gasteiger partial charge in [0.05, 0.1) is 45.8 Å². The van der Waals surface area contributed by atoms with Crippen LogP contribution in [-0.2, 0) is 4.74 Å². The van der Waals surface area contributed by atoms with Crippen LogP contribution in [0.1, 0.15) is 16.9 Å². The smallest absolute Gasteiger partial charge is 0.275 e. The first-order chi connectivity index (χ1) is 19.6. The second-order valence-corrected chi connectivity index (χ2v) is 9.00. The summed E-state index contributed by atoms with van der Waals surface area (Å²) in [7, 11) is 3.14. The zero-order valence-electron chi connectivity index (χ0n) is 22.5. The van der Waals surface area contributed by atoms with Crippen molar-refractivity contribution in [2.45, 2.75) is 6.42 Å². The highest BCUT2D eigenvalue weighted by molar-refractivity contribution is 6.02.